The number of amides is 1. The summed E-state index contributed by atoms with van der Waals surface area (Å²) < 4.78 is 59.5. The number of nitrogens with one attached hydrogen (secondary N) is 2. The van der Waals surface area contributed by atoms with E-state index in [1.807, 2.05) is 0 Å². The molecule has 1 saturated heterocycles. The Kier molecular flexibility index (Phi) is 3.70. The van der Waals surface area contributed by atoms with Crippen molar-refractivity contribution >= 4 is 27.3 Å². The van der Waals surface area contributed by atoms with E-state index in [0.717, 1.165) is 10.4 Å². The summed E-state index contributed by atoms with van der Waals surface area (Å²) in [6.45, 7) is 0.676. The molecule has 22 heavy (non-hydrogen) atoms. The van der Waals surface area contributed by atoms with Gasteiger partial charge in [0.15, 0.2) is 0 Å². The number of alkyl halides is 3. The van der Waals surface area contributed by atoms with Crippen LogP contribution in [0.2, 0.25) is 0 Å². The number of hydrogen-bond acceptors (Lipinski definition) is 5. The van der Waals surface area contributed by atoms with E-state index in [2.05, 4.69) is 10.6 Å². The van der Waals surface area contributed by atoms with Gasteiger partial charge in [0, 0.05) is 31.1 Å². The van der Waals surface area contributed by atoms with Crippen molar-refractivity contribution in [2.45, 2.75) is 24.6 Å². The number of rotatable bonds is 3. The lowest BCUT2D eigenvalue weighted by Gasteiger charge is -2.38. The summed E-state index contributed by atoms with van der Waals surface area (Å²) in [4.78, 5) is 13.6. The Labute approximate surface area is 128 Å². The van der Waals surface area contributed by atoms with Crippen molar-refractivity contribution in [1.29, 1.82) is 0 Å². The van der Waals surface area contributed by atoms with Crippen LogP contribution in [0.25, 0.3) is 0 Å². The van der Waals surface area contributed by atoms with E-state index in [9.17, 15) is 26.4 Å². The number of nitrogens with zero attached hydrogens (tertiary/aromatic N) is 1. The molecule has 2 aliphatic rings. The molecule has 0 spiro atoms. The zero-order chi connectivity index (χ0) is 16.1. The third-order valence-electron chi connectivity index (χ3n) is 3.54. The second-order valence-corrected chi connectivity index (χ2v) is 8.17. The molecule has 122 valence electrons. The largest absolute Gasteiger partial charge is 0.511 e. The van der Waals surface area contributed by atoms with Crippen LogP contribution in [0.4, 0.5) is 13.2 Å². The third-order valence-corrected chi connectivity index (χ3v) is 6.28. The summed E-state index contributed by atoms with van der Waals surface area (Å²) in [5, 5.41) is 5.68. The van der Waals surface area contributed by atoms with Gasteiger partial charge in [-0.3, -0.25) is 4.79 Å². The quantitative estimate of drug-likeness (QED) is 0.833. The lowest BCUT2D eigenvalue weighted by atomic mass is 10.2. The highest BCUT2D eigenvalue weighted by atomic mass is 32.2. The molecule has 0 unspecified atom stereocenters. The number of carbonyl (C=O) groups is 1. The fraction of sp³-hybridized carbons (Fsp3) is 0.545. The number of thiophene rings is 1. The molecular formula is C11H12F3N3O3S2. The highest BCUT2D eigenvalue weighted by Gasteiger charge is 2.53. The summed E-state index contributed by atoms with van der Waals surface area (Å²) in [6.07, 6.45) is 0. The average Bonchev–Trinajstić information content (AvgIpc) is 2.91. The minimum absolute atomic E-state index is 0.316. The van der Waals surface area contributed by atoms with Gasteiger partial charge in [0.25, 0.3) is 5.91 Å². The Morgan fingerprint density at radius 2 is 2.05 bits per heavy atom. The first kappa shape index (κ1) is 15.7. The molecule has 1 amide bonds. The first-order valence-corrected chi connectivity index (χ1v) is 8.64. The molecule has 2 aliphatic heterocycles. The molecule has 6 nitrogen and oxygen atoms in total. The van der Waals surface area contributed by atoms with Gasteiger partial charge in [-0.1, -0.05) is 0 Å². The van der Waals surface area contributed by atoms with E-state index in [0.29, 0.717) is 22.3 Å². The van der Waals surface area contributed by atoms with Gasteiger partial charge in [0.1, 0.15) is 0 Å². The van der Waals surface area contributed by atoms with Gasteiger partial charge in [0.05, 0.1) is 10.9 Å². The van der Waals surface area contributed by atoms with Crippen LogP contribution in [0.5, 0.6) is 0 Å². The van der Waals surface area contributed by atoms with E-state index in [1.165, 1.54) is 11.3 Å². The normalized spacial score (nSPS) is 19.8. The van der Waals surface area contributed by atoms with Crippen molar-refractivity contribution in [3.05, 3.63) is 21.4 Å². The fourth-order valence-electron chi connectivity index (χ4n) is 2.32. The van der Waals surface area contributed by atoms with Crippen molar-refractivity contribution in [1.82, 2.24) is 14.9 Å². The van der Waals surface area contributed by atoms with E-state index >= 15 is 0 Å². The van der Waals surface area contributed by atoms with Crippen LogP contribution in [-0.4, -0.2) is 43.3 Å². The minimum atomic E-state index is -5.30. The molecule has 2 N–H and O–H groups in total. The smallest absolute Gasteiger partial charge is 0.346 e. The average molecular weight is 355 g/mol. The number of carbonyl (C=O) groups excluding carboxylic acids is 1. The number of hydrogen-bond donors (Lipinski definition) is 2. The van der Waals surface area contributed by atoms with Crippen molar-refractivity contribution in [3.8, 4) is 0 Å². The summed E-state index contributed by atoms with van der Waals surface area (Å²) >= 11 is 1.33. The first-order valence-electron chi connectivity index (χ1n) is 6.38. The Balaban J connectivity index is 1.57. The van der Waals surface area contributed by atoms with Gasteiger partial charge in [-0.2, -0.15) is 17.5 Å². The Morgan fingerprint density at radius 3 is 2.64 bits per heavy atom. The highest BCUT2D eigenvalue weighted by Crippen LogP contribution is 2.30. The predicted octanol–water partition coefficient (Wildman–Crippen LogP) is 0.615. The van der Waals surface area contributed by atoms with Gasteiger partial charge in [0.2, 0.25) is 0 Å². The minimum Gasteiger partial charge on any atom is -0.346 e. The van der Waals surface area contributed by atoms with E-state index in [1.54, 1.807) is 6.07 Å². The Bertz CT molecular complexity index is 686. The van der Waals surface area contributed by atoms with Gasteiger partial charge in [-0.05, 0) is 11.6 Å². The van der Waals surface area contributed by atoms with Crippen LogP contribution < -0.4 is 10.6 Å². The summed E-state index contributed by atoms with van der Waals surface area (Å²) in [5.74, 6) is -0.381. The lowest BCUT2D eigenvalue weighted by Crippen LogP contribution is -2.62. The summed E-state index contributed by atoms with van der Waals surface area (Å²) in [5.41, 5.74) is -4.26. The topological polar surface area (TPSA) is 78.5 Å². The molecule has 0 aromatic carbocycles. The number of sulfonamides is 1. The maximum Gasteiger partial charge on any atom is 0.511 e. The molecule has 1 aromatic rings. The maximum absolute atomic E-state index is 12.3. The van der Waals surface area contributed by atoms with E-state index < -0.39 is 21.6 Å². The van der Waals surface area contributed by atoms with Crippen molar-refractivity contribution in [3.63, 3.8) is 0 Å². The molecule has 11 heteroatoms. The summed E-state index contributed by atoms with van der Waals surface area (Å²) in [7, 11) is -5.29. The van der Waals surface area contributed by atoms with E-state index in [-0.39, 0.29) is 19.0 Å². The molecule has 1 fully saturated rings. The molecule has 3 rings (SSSR count). The van der Waals surface area contributed by atoms with Gasteiger partial charge in [-0.25, -0.2) is 8.42 Å². The van der Waals surface area contributed by atoms with Crippen LogP contribution in [0.15, 0.2) is 6.07 Å². The maximum atomic E-state index is 12.3. The van der Waals surface area contributed by atoms with Crippen molar-refractivity contribution in [2.24, 2.45) is 0 Å². The molecular weight excluding hydrogens is 343 g/mol. The third kappa shape index (κ3) is 2.62. The zero-order valence-electron chi connectivity index (χ0n) is 11.1. The van der Waals surface area contributed by atoms with Crippen LogP contribution in [0, 0.1) is 0 Å². The molecule has 3 heterocycles. The van der Waals surface area contributed by atoms with Gasteiger partial charge < -0.3 is 10.6 Å². The molecule has 0 bridgehead atoms. The highest BCUT2D eigenvalue weighted by molar-refractivity contribution is 7.90. The fourth-order valence-corrected chi connectivity index (χ4v) is 4.42. The second kappa shape index (κ2) is 5.18. The monoisotopic (exact) mass is 355 g/mol. The number of fused-ring (bicyclic) bond motifs is 1. The van der Waals surface area contributed by atoms with Crippen LogP contribution in [0.1, 0.15) is 20.1 Å². The molecule has 0 atom stereocenters. The lowest BCUT2D eigenvalue weighted by molar-refractivity contribution is -0.0512. The molecule has 0 aliphatic carbocycles. The Morgan fingerprint density at radius 1 is 1.36 bits per heavy atom. The number of halogens is 3. The van der Waals surface area contributed by atoms with E-state index in [4.69, 9.17) is 0 Å². The second-order valence-electron chi connectivity index (χ2n) is 5.10. The van der Waals surface area contributed by atoms with Crippen LogP contribution >= 0.6 is 11.3 Å². The van der Waals surface area contributed by atoms with Crippen molar-refractivity contribution in [2.75, 3.05) is 13.1 Å². The van der Waals surface area contributed by atoms with Crippen LogP contribution in [-0.2, 0) is 23.1 Å². The van der Waals surface area contributed by atoms with Crippen LogP contribution in [0.3, 0.4) is 0 Å². The SMILES string of the molecule is O=C(NC1CN(S(=O)(=O)C(F)(F)F)C1)c1cc2c(s1)CNC2. The molecule has 0 saturated carbocycles. The predicted molar refractivity (Wildman–Crippen MR) is 72.7 cm³/mol. The molecule has 0 radical (unpaired) electrons. The molecule has 1 aromatic heterocycles. The van der Waals surface area contributed by atoms with Gasteiger partial charge in [-0.15, -0.1) is 11.3 Å². The zero-order valence-corrected chi connectivity index (χ0v) is 12.7. The van der Waals surface area contributed by atoms with Crippen molar-refractivity contribution < 1.29 is 26.4 Å². The first-order chi connectivity index (χ1) is 10.2. The standard InChI is InChI=1S/C11H12F3N3O3S2/c12-11(13,14)22(19,20)17-4-7(5-17)16-10(18)8-1-6-2-15-3-9(6)21-8/h1,7,15H,2-5H2,(H,16,18). The van der Waals surface area contributed by atoms with Gasteiger partial charge >= 0.3 is 15.5 Å². The summed E-state index contributed by atoms with van der Waals surface area (Å²) in [6, 6.07) is 1.15. The Hall–Kier alpha value is -1.17.